The van der Waals surface area contributed by atoms with Gasteiger partial charge in [0.25, 0.3) is 5.56 Å². The van der Waals surface area contributed by atoms with Crippen LogP contribution in [0.25, 0.3) is 10.9 Å². The molecule has 7 nitrogen and oxygen atoms in total. The summed E-state index contributed by atoms with van der Waals surface area (Å²) in [4.78, 5) is 40.9. The summed E-state index contributed by atoms with van der Waals surface area (Å²) in [7, 11) is 1.65. The van der Waals surface area contributed by atoms with E-state index in [2.05, 4.69) is 15.8 Å². The predicted octanol–water partition coefficient (Wildman–Crippen LogP) is 1.59. The number of amides is 2. The molecular weight excluding hydrogens is 332 g/mol. The lowest BCUT2D eigenvalue weighted by Crippen LogP contribution is -2.45. The van der Waals surface area contributed by atoms with Gasteiger partial charge < -0.3 is 0 Å². The van der Waals surface area contributed by atoms with E-state index in [9.17, 15) is 14.4 Å². The molecule has 0 saturated heterocycles. The first kappa shape index (κ1) is 18.1. The number of fused-ring (bicyclic) bond motifs is 1. The van der Waals surface area contributed by atoms with Gasteiger partial charge in [-0.05, 0) is 25.0 Å². The topological polar surface area (TPSA) is 93.1 Å². The van der Waals surface area contributed by atoms with Gasteiger partial charge in [-0.3, -0.25) is 29.8 Å². The highest BCUT2D eigenvalue weighted by molar-refractivity contribution is 5.83. The molecule has 1 aliphatic carbocycles. The van der Waals surface area contributed by atoms with Crippen LogP contribution in [0, 0.1) is 5.92 Å². The van der Waals surface area contributed by atoms with Crippen LogP contribution in [0.2, 0.25) is 0 Å². The fourth-order valence-corrected chi connectivity index (χ4v) is 3.37. The van der Waals surface area contributed by atoms with E-state index in [1.54, 1.807) is 25.2 Å². The molecule has 1 aromatic carbocycles. The number of aromatic nitrogens is 2. The van der Waals surface area contributed by atoms with E-state index in [-0.39, 0.29) is 29.7 Å². The van der Waals surface area contributed by atoms with Gasteiger partial charge in [0.15, 0.2) is 0 Å². The highest BCUT2D eigenvalue weighted by Gasteiger charge is 2.21. The molecule has 2 N–H and O–H groups in total. The maximum Gasteiger partial charge on any atom is 0.261 e. The van der Waals surface area contributed by atoms with Crippen molar-refractivity contribution in [2.75, 3.05) is 0 Å². The van der Waals surface area contributed by atoms with Crippen LogP contribution in [0.5, 0.6) is 0 Å². The van der Waals surface area contributed by atoms with E-state index in [1.165, 1.54) is 11.0 Å². The van der Waals surface area contributed by atoms with E-state index in [1.807, 2.05) is 6.07 Å². The number of nitrogens with zero attached hydrogens (tertiary/aromatic N) is 2. The SMILES string of the molecule is Cn1c(CCC(=O)NNC(=O)C2CCCCC2)nc2ccccc2c1=O. The zero-order valence-electron chi connectivity index (χ0n) is 15.0. The van der Waals surface area contributed by atoms with Crippen LogP contribution in [-0.2, 0) is 23.1 Å². The molecule has 2 aromatic rings. The number of carbonyl (C=O) groups is 2. The van der Waals surface area contributed by atoms with Gasteiger partial charge in [-0.25, -0.2) is 4.98 Å². The van der Waals surface area contributed by atoms with E-state index in [0.717, 1.165) is 25.7 Å². The van der Waals surface area contributed by atoms with Gasteiger partial charge in [-0.2, -0.15) is 0 Å². The van der Waals surface area contributed by atoms with Gasteiger partial charge in [-0.1, -0.05) is 31.4 Å². The average Bonchev–Trinajstić information content (AvgIpc) is 2.68. The second-order valence-corrected chi connectivity index (χ2v) is 6.78. The molecule has 138 valence electrons. The minimum Gasteiger partial charge on any atom is -0.299 e. The Hall–Kier alpha value is -2.70. The number of hydrazine groups is 1. The smallest absolute Gasteiger partial charge is 0.261 e. The van der Waals surface area contributed by atoms with Gasteiger partial charge >= 0.3 is 0 Å². The van der Waals surface area contributed by atoms with Crippen LogP contribution in [0.3, 0.4) is 0 Å². The first-order valence-electron chi connectivity index (χ1n) is 9.09. The Morgan fingerprint density at radius 1 is 1.15 bits per heavy atom. The number of aryl methyl sites for hydroxylation is 1. The van der Waals surface area contributed by atoms with Crippen LogP contribution in [-0.4, -0.2) is 21.4 Å². The first-order valence-corrected chi connectivity index (χ1v) is 9.09. The highest BCUT2D eigenvalue weighted by Crippen LogP contribution is 2.23. The lowest BCUT2D eigenvalue weighted by Gasteiger charge is -2.20. The Bertz CT molecular complexity index is 869. The summed E-state index contributed by atoms with van der Waals surface area (Å²) >= 11 is 0. The zero-order chi connectivity index (χ0) is 18.5. The predicted molar refractivity (Wildman–Crippen MR) is 98.2 cm³/mol. The Morgan fingerprint density at radius 2 is 1.88 bits per heavy atom. The standard InChI is InChI=1S/C19H24N4O3/c1-23-16(20-15-10-6-5-9-14(15)19(23)26)11-12-17(24)21-22-18(25)13-7-3-2-4-8-13/h5-6,9-10,13H,2-4,7-8,11-12H2,1H3,(H,21,24)(H,22,25). The third-order valence-electron chi connectivity index (χ3n) is 4.95. The summed E-state index contributed by atoms with van der Waals surface area (Å²) in [6.45, 7) is 0. The fourth-order valence-electron chi connectivity index (χ4n) is 3.37. The molecule has 1 heterocycles. The Labute approximate surface area is 151 Å². The van der Waals surface area contributed by atoms with Gasteiger partial charge in [-0.15, -0.1) is 0 Å². The van der Waals surface area contributed by atoms with Crippen LogP contribution >= 0.6 is 0 Å². The second-order valence-electron chi connectivity index (χ2n) is 6.78. The van der Waals surface area contributed by atoms with Crippen molar-refractivity contribution in [3.63, 3.8) is 0 Å². The third-order valence-corrected chi connectivity index (χ3v) is 4.95. The van der Waals surface area contributed by atoms with Gasteiger partial charge in [0.1, 0.15) is 5.82 Å². The molecule has 1 saturated carbocycles. The van der Waals surface area contributed by atoms with E-state index < -0.39 is 0 Å². The second kappa shape index (κ2) is 8.12. The van der Waals surface area contributed by atoms with Crippen molar-refractivity contribution in [2.45, 2.75) is 44.9 Å². The molecule has 1 aromatic heterocycles. The van der Waals surface area contributed by atoms with E-state index in [0.29, 0.717) is 23.1 Å². The molecule has 0 atom stereocenters. The van der Waals surface area contributed by atoms with Crippen molar-refractivity contribution >= 4 is 22.7 Å². The van der Waals surface area contributed by atoms with Gasteiger partial charge in [0.2, 0.25) is 11.8 Å². The summed E-state index contributed by atoms with van der Waals surface area (Å²) in [5, 5.41) is 0.558. The Morgan fingerprint density at radius 3 is 2.65 bits per heavy atom. The maximum absolute atomic E-state index is 12.3. The number of para-hydroxylation sites is 1. The third kappa shape index (κ3) is 4.09. The monoisotopic (exact) mass is 356 g/mol. The van der Waals surface area contributed by atoms with E-state index in [4.69, 9.17) is 0 Å². The minimum absolute atomic E-state index is 0.00738. The van der Waals surface area contributed by atoms with Crippen molar-refractivity contribution < 1.29 is 9.59 Å². The number of hydrogen-bond donors (Lipinski definition) is 2. The fraction of sp³-hybridized carbons (Fsp3) is 0.474. The van der Waals surface area contributed by atoms with Crippen molar-refractivity contribution in [1.29, 1.82) is 0 Å². The highest BCUT2D eigenvalue weighted by atomic mass is 16.2. The first-order chi connectivity index (χ1) is 12.6. The van der Waals surface area contributed by atoms with Gasteiger partial charge in [0, 0.05) is 25.8 Å². The van der Waals surface area contributed by atoms with Crippen molar-refractivity contribution in [1.82, 2.24) is 20.4 Å². The molecule has 0 radical (unpaired) electrons. The van der Waals surface area contributed by atoms with Crippen LogP contribution in [0.4, 0.5) is 0 Å². The summed E-state index contributed by atoms with van der Waals surface area (Å²) in [5.41, 5.74) is 5.48. The zero-order valence-corrected chi connectivity index (χ0v) is 15.0. The summed E-state index contributed by atoms with van der Waals surface area (Å²) in [6, 6.07) is 7.15. The van der Waals surface area contributed by atoms with Crippen molar-refractivity contribution in [2.24, 2.45) is 13.0 Å². The molecular formula is C19H24N4O3. The molecule has 26 heavy (non-hydrogen) atoms. The van der Waals surface area contributed by atoms with E-state index >= 15 is 0 Å². The molecule has 0 unspecified atom stereocenters. The van der Waals surface area contributed by atoms with Crippen LogP contribution < -0.4 is 16.4 Å². The Kier molecular flexibility index (Phi) is 5.65. The lowest BCUT2D eigenvalue weighted by molar-refractivity contribution is -0.131. The summed E-state index contributed by atoms with van der Waals surface area (Å²) in [6.07, 6.45) is 5.52. The Balaban J connectivity index is 1.56. The number of hydrogen-bond acceptors (Lipinski definition) is 4. The molecule has 1 aliphatic rings. The average molecular weight is 356 g/mol. The molecule has 0 spiro atoms. The lowest BCUT2D eigenvalue weighted by atomic mass is 9.89. The minimum atomic E-state index is -0.295. The number of nitrogens with one attached hydrogen (secondary N) is 2. The maximum atomic E-state index is 12.3. The number of rotatable bonds is 4. The van der Waals surface area contributed by atoms with Crippen molar-refractivity contribution in [3.05, 3.63) is 40.4 Å². The summed E-state index contributed by atoms with van der Waals surface area (Å²) in [5.74, 6) is 0.125. The van der Waals surface area contributed by atoms with Crippen molar-refractivity contribution in [3.8, 4) is 0 Å². The van der Waals surface area contributed by atoms with Gasteiger partial charge in [0.05, 0.1) is 10.9 Å². The van der Waals surface area contributed by atoms with Crippen LogP contribution in [0.15, 0.2) is 29.1 Å². The molecule has 7 heteroatoms. The molecule has 0 aliphatic heterocycles. The number of benzene rings is 1. The normalized spacial score (nSPS) is 15.0. The van der Waals surface area contributed by atoms with Crippen LogP contribution in [0.1, 0.15) is 44.3 Å². The quantitative estimate of drug-likeness (QED) is 0.814. The molecule has 2 amide bonds. The molecule has 3 rings (SSSR count). The summed E-state index contributed by atoms with van der Waals surface area (Å²) < 4.78 is 1.47. The number of carbonyl (C=O) groups excluding carboxylic acids is 2. The molecule has 0 bridgehead atoms. The molecule has 1 fully saturated rings. The largest absolute Gasteiger partial charge is 0.299 e.